The molecule has 0 aliphatic rings. The lowest BCUT2D eigenvalue weighted by molar-refractivity contribution is -0.107. The summed E-state index contributed by atoms with van der Waals surface area (Å²) in [5.41, 5.74) is -2.51. The van der Waals surface area contributed by atoms with E-state index in [1.54, 1.807) is 45.0 Å². The number of nitrogens with one attached hydrogen (secondary N) is 1. The summed E-state index contributed by atoms with van der Waals surface area (Å²) in [5.74, 6) is -1.67. The summed E-state index contributed by atoms with van der Waals surface area (Å²) in [4.78, 5) is 48.5. The molecule has 144 valence electrons. The fourth-order valence-electron chi connectivity index (χ4n) is 2.59. The van der Waals surface area contributed by atoms with Crippen LogP contribution in [0.3, 0.4) is 0 Å². The molecule has 0 bridgehead atoms. The van der Waals surface area contributed by atoms with E-state index in [0.717, 1.165) is 9.13 Å². The number of aromatic hydroxyl groups is 1. The maximum atomic E-state index is 12.9. The topological polar surface area (TPSA) is 110 Å². The summed E-state index contributed by atoms with van der Waals surface area (Å²) in [6.45, 7) is 4.54. The number of nitrogens with zero attached hydrogens (tertiary/aromatic N) is 2. The van der Waals surface area contributed by atoms with Crippen LogP contribution in [0.5, 0.6) is 5.88 Å². The van der Waals surface area contributed by atoms with E-state index in [9.17, 15) is 24.3 Å². The summed E-state index contributed by atoms with van der Waals surface area (Å²) >= 11 is 3.37. The highest BCUT2D eigenvalue weighted by Gasteiger charge is 2.29. The van der Waals surface area contributed by atoms with Gasteiger partial charge in [0.2, 0.25) is 5.88 Å². The summed E-state index contributed by atoms with van der Waals surface area (Å²) < 4.78 is 2.58. The van der Waals surface area contributed by atoms with Crippen molar-refractivity contribution in [1.82, 2.24) is 14.5 Å². The van der Waals surface area contributed by atoms with Crippen LogP contribution in [0.4, 0.5) is 0 Å². The van der Waals surface area contributed by atoms with E-state index in [1.165, 1.54) is 0 Å². The first-order valence-electron chi connectivity index (χ1n) is 8.14. The molecule has 8 nitrogen and oxygen atoms in total. The Labute approximate surface area is 163 Å². The number of halogens is 1. The molecule has 1 aromatic heterocycles. The van der Waals surface area contributed by atoms with E-state index >= 15 is 0 Å². The standard InChI is InChI=1S/C18H20BrN3O5/c1-18(2,3)22-16(26)13(14(24)20-8-9-23)15(25)21(17(22)27)10-11-6-4-5-7-12(11)19/h4-7,9,25H,8,10H2,1-3H3,(H,20,24). The van der Waals surface area contributed by atoms with Gasteiger partial charge in [0.15, 0.2) is 5.56 Å². The zero-order valence-corrected chi connectivity index (χ0v) is 16.7. The second-order valence-electron chi connectivity index (χ2n) is 6.85. The molecule has 27 heavy (non-hydrogen) atoms. The summed E-state index contributed by atoms with van der Waals surface area (Å²) in [6, 6.07) is 7.08. The van der Waals surface area contributed by atoms with Gasteiger partial charge < -0.3 is 15.2 Å². The number of carbonyl (C=O) groups is 2. The molecule has 2 aromatic rings. The molecule has 1 heterocycles. The molecule has 0 atom stereocenters. The lowest BCUT2D eigenvalue weighted by Crippen LogP contribution is -2.50. The molecule has 0 unspecified atom stereocenters. The molecule has 0 radical (unpaired) electrons. The van der Waals surface area contributed by atoms with Gasteiger partial charge in [-0.05, 0) is 32.4 Å². The van der Waals surface area contributed by atoms with E-state index in [1.807, 2.05) is 0 Å². The summed E-state index contributed by atoms with van der Waals surface area (Å²) in [7, 11) is 0. The Kier molecular flexibility index (Phi) is 6.04. The second-order valence-corrected chi connectivity index (χ2v) is 7.70. The minimum Gasteiger partial charge on any atom is -0.494 e. The van der Waals surface area contributed by atoms with Gasteiger partial charge in [-0.2, -0.15) is 0 Å². The Morgan fingerprint density at radius 1 is 1.26 bits per heavy atom. The van der Waals surface area contributed by atoms with Crippen LogP contribution in [-0.2, 0) is 16.9 Å². The highest BCUT2D eigenvalue weighted by atomic mass is 79.9. The molecular formula is C18H20BrN3O5. The van der Waals surface area contributed by atoms with Crippen LogP contribution < -0.4 is 16.6 Å². The van der Waals surface area contributed by atoms with Crippen molar-refractivity contribution in [3.05, 3.63) is 60.7 Å². The number of hydrogen-bond acceptors (Lipinski definition) is 5. The third kappa shape index (κ3) is 4.19. The molecule has 1 aromatic carbocycles. The summed E-state index contributed by atoms with van der Waals surface area (Å²) in [6.07, 6.45) is 0.453. The number of amides is 1. The quantitative estimate of drug-likeness (QED) is 0.682. The number of rotatable bonds is 5. The minimum atomic E-state index is -0.933. The predicted molar refractivity (Wildman–Crippen MR) is 103 cm³/mol. The fraction of sp³-hybridized carbons (Fsp3) is 0.333. The van der Waals surface area contributed by atoms with Crippen LogP contribution in [0, 0.1) is 0 Å². The largest absolute Gasteiger partial charge is 0.494 e. The van der Waals surface area contributed by atoms with Crippen molar-refractivity contribution in [1.29, 1.82) is 0 Å². The first-order valence-corrected chi connectivity index (χ1v) is 8.93. The van der Waals surface area contributed by atoms with Gasteiger partial charge in [-0.1, -0.05) is 34.1 Å². The van der Waals surface area contributed by atoms with E-state index in [4.69, 9.17) is 0 Å². The van der Waals surface area contributed by atoms with Crippen LogP contribution in [0.2, 0.25) is 0 Å². The lowest BCUT2D eigenvalue weighted by atomic mass is 10.1. The van der Waals surface area contributed by atoms with Crippen molar-refractivity contribution in [2.24, 2.45) is 0 Å². The zero-order valence-electron chi connectivity index (χ0n) is 15.2. The van der Waals surface area contributed by atoms with Crippen LogP contribution in [-0.4, -0.2) is 33.0 Å². The third-order valence-corrected chi connectivity index (χ3v) is 4.62. The Morgan fingerprint density at radius 2 is 1.89 bits per heavy atom. The zero-order chi connectivity index (χ0) is 20.4. The minimum absolute atomic E-state index is 0.0591. The smallest absolute Gasteiger partial charge is 0.334 e. The van der Waals surface area contributed by atoms with Crippen molar-refractivity contribution in [2.75, 3.05) is 6.54 Å². The molecule has 0 saturated carbocycles. The molecule has 0 aliphatic heterocycles. The Hall–Kier alpha value is -2.68. The Balaban J connectivity index is 2.78. The van der Waals surface area contributed by atoms with Gasteiger partial charge >= 0.3 is 5.69 Å². The van der Waals surface area contributed by atoms with E-state index in [2.05, 4.69) is 21.2 Å². The summed E-state index contributed by atoms with van der Waals surface area (Å²) in [5, 5.41) is 12.8. The first-order chi connectivity index (χ1) is 12.6. The van der Waals surface area contributed by atoms with Gasteiger partial charge in [-0.25, -0.2) is 4.79 Å². The highest BCUT2D eigenvalue weighted by molar-refractivity contribution is 9.10. The van der Waals surface area contributed by atoms with Crippen molar-refractivity contribution in [3.63, 3.8) is 0 Å². The number of aldehydes is 1. The maximum absolute atomic E-state index is 12.9. The normalized spacial score (nSPS) is 11.3. The van der Waals surface area contributed by atoms with Crippen molar-refractivity contribution in [2.45, 2.75) is 32.9 Å². The second kappa shape index (κ2) is 7.91. The van der Waals surface area contributed by atoms with Crippen molar-refractivity contribution < 1.29 is 14.7 Å². The van der Waals surface area contributed by atoms with Crippen LogP contribution in [0.1, 0.15) is 36.7 Å². The number of hydrogen-bond donors (Lipinski definition) is 2. The maximum Gasteiger partial charge on any atom is 0.334 e. The van der Waals surface area contributed by atoms with Gasteiger partial charge in [0.25, 0.3) is 11.5 Å². The number of aromatic nitrogens is 2. The lowest BCUT2D eigenvalue weighted by Gasteiger charge is -2.24. The average Bonchev–Trinajstić information content (AvgIpc) is 2.57. The number of benzene rings is 1. The van der Waals surface area contributed by atoms with Crippen molar-refractivity contribution in [3.8, 4) is 5.88 Å². The van der Waals surface area contributed by atoms with Crippen LogP contribution in [0.25, 0.3) is 0 Å². The van der Waals surface area contributed by atoms with Crippen molar-refractivity contribution >= 4 is 28.1 Å². The fourth-order valence-corrected chi connectivity index (χ4v) is 3.00. The van der Waals surface area contributed by atoms with Crippen LogP contribution in [0.15, 0.2) is 38.3 Å². The van der Waals surface area contributed by atoms with E-state index < -0.39 is 34.1 Å². The molecule has 0 spiro atoms. The monoisotopic (exact) mass is 437 g/mol. The SMILES string of the molecule is CC(C)(C)n1c(=O)c(C(=O)NCC=O)c(O)n(Cc2ccccc2Br)c1=O. The van der Waals surface area contributed by atoms with Gasteiger partial charge in [0, 0.05) is 10.0 Å². The molecule has 1 amide bonds. The molecule has 0 aliphatic carbocycles. The predicted octanol–water partition coefficient (Wildman–Crippen LogP) is 1.21. The first kappa shape index (κ1) is 20.6. The number of carbonyl (C=O) groups excluding carboxylic acids is 2. The third-order valence-electron chi connectivity index (χ3n) is 3.85. The van der Waals surface area contributed by atoms with Gasteiger partial charge in [0.1, 0.15) is 6.29 Å². The average molecular weight is 438 g/mol. The Morgan fingerprint density at radius 3 is 2.44 bits per heavy atom. The van der Waals surface area contributed by atoms with Crippen LogP contribution >= 0.6 is 15.9 Å². The molecule has 2 N–H and O–H groups in total. The molecule has 0 fully saturated rings. The molecule has 9 heteroatoms. The molecule has 0 saturated heterocycles. The Bertz CT molecular complexity index is 1000. The highest BCUT2D eigenvalue weighted by Crippen LogP contribution is 2.20. The van der Waals surface area contributed by atoms with Gasteiger partial charge in [-0.15, -0.1) is 0 Å². The van der Waals surface area contributed by atoms with Gasteiger partial charge in [-0.3, -0.25) is 18.7 Å². The van der Waals surface area contributed by atoms with E-state index in [-0.39, 0.29) is 13.1 Å². The molecular weight excluding hydrogens is 418 g/mol. The van der Waals surface area contributed by atoms with Gasteiger partial charge in [0.05, 0.1) is 13.1 Å². The molecule has 2 rings (SSSR count). The van der Waals surface area contributed by atoms with E-state index in [0.29, 0.717) is 16.3 Å².